The van der Waals surface area contributed by atoms with Crippen LogP contribution in [-0.4, -0.2) is 34.2 Å². The minimum absolute atomic E-state index is 0.143. The van der Waals surface area contributed by atoms with Crippen LogP contribution in [0.4, 0.5) is 0 Å². The molecular formula is C15H26N2O3S. The van der Waals surface area contributed by atoms with E-state index >= 15 is 0 Å². The first-order valence-corrected chi connectivity index (χ1v) is 8.89. The van der Waals surface area contributed by atoms with Gasteiger partial charge in [-0.15, -0.1) is 0 Å². The zero-order chi connectivity index (χ0) is 15.7. The highest BCUT2D eigenvalue weighted by molar-refractivity contribution is 7.89. The van der Waals surface area contributed by atoms with Crippen LogP contribution < -0.4 is 10.0 Å². The molecule has 0 aliphatic carbocycles. The van der Waals surface area contributed by atoms with Crippen LogP contribution in [0.15, 0.2) is 29.2 Å². The lowest BCUT2D eigenvalue weighted by Gasteiger charge is -2.15. The zero-order valence-electron chi connectivity index (χ0n) is 13.1. The first kappa shape index (κ1) is 18.1. The summed E-state index contributed by atoms with van der Waals surface area (Å²) in [5.41, 5.74) is 0.780. The van der Waals surface area contributed by atoms with Gasteiger partial charge in [0.25, 0.3) is 0 Å². The summed E-state index contributed by atoms with van der Waals surface area (Å²) < 4.78 is 32.8. The van der Waals surface area contributed by atoms with Gasteiger partial charge in [0.2, 0.25) is 10.0 Å². The summed E-state index contributed by atoms with van der Waals surface area (Å²) in [6, 6.07) is 7.06. The summed E-state index contributed by atoms with van der Waals surface area (Å²) in [5.74, 6) is 0. The molecular weight excluding hydrogens is 288 g/mol. The Morgan fingerprint density at radius 2 is 1.95 bits per heavy atom. The third-order valence-electron chi connectivity index (χ3n) is 3.02. The predicted molar refractivity (Wildman–Crippen MR) is 84.7 cm³/mol. The van der Waals surface area contributed by atoms with E-state index in [-0.39, 0.29) is 12.6 Å². The van der Waals surface area contributed by atoms with Crippen molar-refractivity contribution in [3.8, 4) is 0 Å². The Hall–Kier alpha value is -0.950. The Kier molecular flexibility index (Phi) is 7.88. The highest BCUT2D eigenvalue weighted by Crippen LogP contribution is 2.15. The molecule has 5 nitrogen and oxygen atoms in total. The minimum Gasteiger partial charge on any atom is -0.377 e. The molecule has 1 rings (SSSR count). The van der Waals surface area contributed by atoms with Gasteiger partial charge in [0.05, 0.1) is 11.0 Å². The van der Waals surface area contributed by atoms with Crippen LogP contribution >= 0.6 is 0 Å². The maximum Gasteiger partial charge on any atom is 0.240 e. The topological polar surface area (TPSA) is 67.4 Å². The molecule has 0 bridgehead atoms. The maximum atomic E-state index is 12.4. The molecule has 0 saturated carbocycles. The lowest BCUT2D eigenvalue weighted by atomic mass is 10.2. The van der Waals surface area contributed by atoms with Gasteiger partial charge >= 0.3 is 0 Å². The van der Waals surface area contributed by atoms with Crippen molar-refractivity contribution in [2.75, 3.05) is 19.7 Å². The van der Waals surface area contributed by atoms with Gasteiger partial charge in [-0.25, -0.2) is 13.1 Å². The standard InChI is InChI=1S/C15H26N2O3S/c1-4-10-16-12-14-8-6-7-9-15(14)21(18,19)17-11-13(3)20-5-2/h6-9,13,16-17H,4-5,10-12H2,1-3H3. The number of rotatable bonds is 10. The summed E-state index contributed by atoms with van der Waals surface area (Å²) in [5, 5.41) is 3.23. The summed E-state index contributed by atoms with van der Waals surface area (Å²) in [7, 11) is -3.51. The zero-order valence-corrected chi connectivity index (χ0v) is 13.9. The molecule has 1 unspecified atom stereocenters. The molecule has 0 radical (unpaired) electrons. The summed E-state index contributed by atoms with van der Waals surface area (Å²) in [4.78, 5) is 0.331. The molecule has 0 aromatic heterocycles. The van der Waals surface area contributed by atoms with Crippen LogP contribution in [0.5, 0.6) is 0 Å². The second-order valence-electron chi connectivity index (χ2n) is 4.90. The van der Waals surface area contributed by atoms with Gasteiger partial charge in [0.1, 0.15) is 0 Å². The molecule has 1 atom stereocenters. The van der Waals surface area contributed by atoms with Gasteiger partial charge in [-0.05, 0) is 38.4 Å². The van der Waals surface area contributed by atoms with Crippen molar-refractivity contribution in [2.24, 2.45) is 0 Å². The monoisotopic (exact) mass is 314 g/mol. The second-order valence-corrected chi connectivity index (χ2v) is 6.64. The second kappa shape index (κ2) is 9.15. The molecule has 0 aliphatic rings. The third-order valence-corrected chi connectivity index (χ3v) is 4.54. The number of benzene rings is 1. The van der Waals surface area contributed by atoms with E-state index in [0.717, 1.165) is 18.5 Å². The van der Waals surface area contributed by atoms with Crippen LogP contribution in [0.1, 0.15) is 32.8 Å². The largest absolute Gasteiger partial charge is 0.377 e. The molecule has 1 aromatic rings. The number of ether oxygens (including phenoxy) is 1. The normalized spacial score (nSPS) is 13.3. The Morgan fingerprint density at radius 1 is 1.24 bits per heavy atom. The quantitative estimate of drug-likeness (QED) is 0.647. The van der Waals surface area contributed by atoms with Crippen LogP contribution in [0.25, 0.3) is 0 Å². The van der Waals surface area contributed by atoms with Crippen molar-refractivity contribution in [2.45, 2.75) is 44.7 Å². The molecule has 0 spiro atoms. The molecule has 0 heterocycles. The van der Waals surface area contributed by atoms with E-state index in [9.17, 15) is 8.42 Å². The maximum absolute atomic E-state index is 12.4. The van der Waals surface area contributed by atoms with E-state index in [1.165, 1.54) is 0 Å². The van der Waals surface area contributed by atoms with Crippen LogP contribution in [0.3, 0.4) is 0 Å². The first-order valence-electron chi connectivity index (χ1n) is 7.41. The number of sulfonamides is 1. The summed E-state index contributed by atoms with van der Waals surface area (Å²) in [6.45, 7) is 8.06. The fourth-order valence-electron chi connectivity index (χ4n) is 1.96. The van der Waals surface area contributed by atoms with E-state index in [4.69, 9.17) is 4.74 Å². The van der Waals surface area contributed by atoms with Gasteiger partial charge in [0, 0.05) is 19.7 Å². The molecule has 120 valence electrons. The molecule has 2 N–H and O–H groups in total. The molecule has 6 heteroatoms. The Labute approximate surface area is 128 Å². The van der Waals surface area contributed by atoms with E-state index in [0.29, 0.717) is 18.0 Å². The number of hydrogen-bond donors (Lipinski definition) is 2. The average molecular weight is 314 g/mol. The number of nitrogens with one attached hydrogen (secondary N) is 2. The third kappa shape index (κ3) is 6.13. The van der Waals surface area contributed by atoms with Gasteiger partial charge in [-0.2, -0.15) is 0 Å². The van der Waals surface area contributed by atoms with Crippen molar-refractivity contribution in [1.29, 1.82) is 0 Å². The van der Waals surface area contributed by atoms with E-state index in [1.54, 1.807) is 12.1 Å². The van der Waals surface area contributed by atoms with Crippen molar-refractivity contribution in [3.63, 3.8) is 0 Å². The van der Waals surface area contributed by atoms with Crippen molar-refractivity contribution in [1.82, 2.24) is 10.0 Å². The Balaban J connectivity index is 2.77. The average Bonchev–Trinajstić information content (AvgIpc) is 2.46. The summed E-state index contributed by atoms with van der Waals surface area (Å²) in [6.07, 6.45) is 0.870. The lowest BCUT2D eigenvalue weighted by Crippen LogP contribution is -2.33. The van der Waals surface area contributed by atoms with Crippen molar-refractivity contribution in [3.05, 3.63) is 29.8 Å². The molecule has 1 aromatic carbocycles. The fourth-order valence-corrected chi connectivity index (χ4v) is 3.31. The van der Waals surface area contributed by atoms with Gasteiger partial charge in [-0.1, -0.05) is 25.1 Å². The summed E-state index contributed by atoms with van der Waals surface area (Å²) >= 11 is 0. The fraction of sp³-hybridized carbons (Fsp3) is 0.600. The molecule has 0 saturated heterocycles. The Morgan fingerprint density at radius 3 is 2.62 bits per heavy atom. The first-order chi connectivity index (χ1) is 10.0. The minimum atomic E-state index is -3.51. The smallest absolute Gasteiger partial charge is 0.240 e. The van der Waals surface area contributed by atoms with Crippen LogP contribution in [-0.2, 0) is 21.3 Å². The predicted octanol–water partition coefficient (Wildman–Crippen LogP) is 1.89. The molecule has 0 fully saturated rings. The highest BCUT2D eigenvalue weighted by Gasteiger charge is 2.18. The van der Waals surface area contributed by atoms with Crippen molar-refractivity contribution < 1.29 is 13.2 Å². The molecule has 21 heavy (non-hydrogen) atoms. The van der Waals surface area contributed by atoms with E-state index < -0.39 is 10.0 Å². The SMILES string of the molecule is CCCNCc1ccccc1S(=O)(=O)NCC(C)OCC. The van der Waals surface area contributed by atoms with Crippen molar-refractivity contribution >= 4 is 10.0 Å². The van der Waals surface area contributed by atoms with Crippen LogP contribution in [0.2, 0.25) is 0 Å². The molecule has 0 amide bonds. The highest BCUT2D eigenvalue weighted by atomic mass is 32.2. The van der Waals surface area contributed by atoms with Crippen LogP contribution in [0, 0.1) is 0 Å². The van der Waals surface area contributed by atoms with Gasteiger partial charge in [-0.3, -0.25) is 0 Å². The van der Waals surface area contributed by atoms with Gasteiger partial charge in [0.15, 0.2) is 0 Å². The van der Waals surface area contributed by atoms with Gasteiger partial charge < -0.3 is 10.1 Å². The Bertz CT molecular complexity index is 517. The van der Waals surface area contributed by atoms with E-state index in [1.807, 2.05) is 26.0 Å². The number of hydrogen-bond acceptors (Lipinski definition) is 4. The van der Waals surface area contributed by atoms with E-state index in [2.05, 4.69) is 17.0 Å². The lowest BCUT2D eigenvalue weighted by molar-refractivity contribution is 0.0799. The molecule has 0 aliphatic heterocycles.